The van der Waals surface area contributed by atoms with Gasteiger partial charge >= 0.3 is 0 Å². The Labute approximate surface area is 243 Å². The first-order chi connectivity index (χ1) is 20.2. The van der Waals surface area contributed by atoms with Gasteiger partial charge in [-0.15, -0.1) is 11.3 Å². The quantitative estimate of drug-likeness (QED) is 0.209. The van der Waals surface area contributed by atoms with Crippen molar-refractivity contribution in [2.45, 2.75) is 13.3 Å². The summed E-state index contributed by atoms with van der Waals surface area (Å²) >= 11 is 1.77. The fraction of sp³-hybridized carbons (Fsp3) is 0.0541. The molecule has 0 aliphatic carbocycles. The van der Waals surface area contributed by atoms with Gasteiger partial charge in [-0.3, -0.25) is 0 Å². The Hall–Kier alpha value is -4.93. The number of nitrogens with zero attached hydrogens (tertiary/aromatic N) is 3. The van der Waals surface area contributed by atoms with E-state index < -0.39 is 0 Å². The van der Waals surface area contributed by atoms with Gasteiger partial charge in [0.15, 0.2) is 5.82 Å². The lowest BCUT2D eigenvalue weighted by atomic mass is 9.99. The van der Waals surface area contributed by atoms with Crippen molar-refractivity contribution < 1.29 is 0 Å². The van der Waals surface area contributed by atoms with Crippen LogP contribution in [0.25, 0.3) is 66.4 Å². The molecule has 2 aromatic heterocycles. The first-order valence-corrected chi connectivity index (χ1v) is 14.7. The Morgan fingerprint density at radius 3 is 1.76 bits per heavy atom. The van der Waals surface area contributed by atoms with Crippen LogP contribution in [0.4, 0.5) is 0 Å². The van der Waals surface area contributed by atoms with Crippen LogP contribution in [0.5, 0.6) is 0 Å². The Morgan fingerprint density at radius 1 is 0.463 bits per heavy atom. The molecule has 7 aromatic rings. The van der Waals surface area contributed by atoms with E-state index >= 15 is 0 Å². The van der Waals surface area contributed by atoms with Crippen molar-refractivity contribution >= 4 is 21.6 Å². The molecule has 0 amide bonds. The third-order valence-corrected chi connectivity index (χ3v) is 8.45. The van der Waals surface area contributed by atoms with Gasteiger partial charge in [0.05, 0.1) is 26.6 Å². The molecule has 0 saturated carbocycles. The van der Waals surface area contributed by atoms with Crippen molar-refractivity contribution in [2.75, 3.05) is 0 Å². The predicted molar refractivity (Wildman–Crippen MR) is 172 cm³/mol. The maximum Gasteiger partial charge on any atom is 0.160 e. The van der Waals surface area contributed by atoms with Crippen LogP contribution in [-0.4, -0.2) is 15.0 Å². The van der Waals surface area contributed by atoms with E-state index in [0.29, 0.717) is 5.82 Å². The van der Waals surface area contributed by atoms with Crippen molar-refractivity contribution in [3.8, 4) is 56.2 Å². The third kappa shape index (κ3) is 5.18. The molecule has 2 heterocycles. The minimum atomic E-state index is 0.714. The smallest absolute Gasteiger partial charge is 0.160 e. The maximum atomic E-state index is 5.04. The summed E-state index contributed by atoms with van der Waals surface area (Å²) < 4.78 is 1.23. The second kappa shape index (κ2) is 10.9. The zero-order valence-corrected chi connectivity index (χ0v) is 23.5. The summed E-state index contributed by atoms with van der Waals surface area (Å²) in [4.78, 5) is 14.9. The van der Waals surface area contributed by atoms with Gasteiger partial charge in [-0.2, -0.15) is 0 Å². The molecule has 0 saturated heterocycles. The maximum absolute atomic E-state index is 5.04. The Balaban J connectivity index is 1.31. The van der Waals surface area contributed by atoms with Crippen molar-refractivity contribution in [3.63, 3.8) is 0 Å². The van der Waals surface area contributed by atoms with Crippen LogP contribution in [0.15, 0.2) is 133 Å². The van der Waals surface area contributed by atoms with Crippen LogP contribution in [0.2, 0.25) is 0 Å². The van der Waals surface area contributed by atoms with Gasteiger partial charge in [0, 0.05) is 16.7 Å². The Morgan fingerprint density at radius 2 is 1.02 bits per heavy atom. The Bertz CT molecular complexity index is 1960. The van der Waals surface area contributed by atoms with Gasteiger partial charge in [0.25, 0.3) is 0 Å². The van der Waals surface area contributed by atoms with Crippen LogP contribution in [0, 0.1) is 0 Å². The molecule has 0 aliphatic rings. The van der Waals surface area contributed by atoms with Crippen molar-refractivity contribution in [2.24, 2.45) is 0 Å². The lowest BCUT2D eigenvalue weighted by Gasteiger charge is -2.11. The number of aryl methyl sites for hydroxylation is 1. The Kier molecular flexibility index (Phi) is 6.67. The minimum absolute atomic E-state index is 0.714. The normalized spacial score (nSPS) is 11.1. The largest absolute Gasteiger partial charge is 0.241 e. The summed E-state index contributed by atoms with van der Waals surface area (Å²) in [5, 5.41) is 1.17. The van der Waals surface area contributed by atoms with Gasteiger partial charge in [-0.05, 0) is 52.9 Å². The van der Waals surface area contributed by atoms with Crippen LogP contribution < -0.4 is 0 Å². The van der Waals surface area contributed by atoms with Gasteiger partial charge < -0.3 is 0 Å². The summed E-state index contributed by atoms with van der Waals surface area (Å²) in [5.41, 5.74) is 10.6. The molecule has 7 rings (SSSR count). The van der Waals surface area contributed by atoms with Gasteiger partial charge in [0.1, 0.15) is 0 Å². The molecule has 0 aliphatic heterocycles. The molecule has 3 nitrogen and oxygen atoms in total. The van der Waals surface area contributed by atoms with Crippen LogP contribution in [-0.2, 0) is 6.42 Å². The first-order valence-electron chi connectivity index (χ1n) is 13.8. The molecule has 0 unspecified atom stereocenters. The lowest BCUT2D eigenvalue weighted by Crippen LogP contribution is -1.96. The van der Waals surface area contributed by atoms with E-state index in [2.05, 4.69) is 116 Å². The standard InChI is InChI=1S/C37H27N3S/c1-2-36-38-34-23-30(20-21-35(34)41-36)29-14-9-15-31(22-29)33-24-32(39-37(40-33)28-12-7-4-8-13-28)27-18-16-26(17-19-27)25-10-5-3-6-11-25/h3-24H,2H2,1H3. The highest BCUT2D eigenvalue weighted by Crippen LogP contribution is 2.33. The monoisotopic (exact) mass is 545 g/mol. The van der Waals surface area contributed by atoms with Crippen LogP contribution in [0.1, 0.15) is 11.9 Å². The molecule has 0 radical (unpaired) electrons. The fourth-order valence-electron chi connectivity index (χ4n) is 5.09. The van der Waals surface area contributed by atoms with Gasteiger partial charge in [-0.25, -0.2) is 15.0 Å². The SMILES string of the molecule is CCc1nc2cc(-c3cccc(-c4cc(-c5ccc(-c6ccccc6)cc5)nc(-c5ccccc5)n4)c3)ccc2s1. The molecule has 4 heteroatoms. The third-order valence-electron chi connectivity index (χ3n) is 7.27. The summed E-state index contributed by atoms with van der Waals surface area (Å²) in [6.45, 7) is 2.15. The average Bonchev–Trinajstić information content (AvgIpc) is 3.48. The van der Waals surface area contributed by atoms with E-state index in [-0.39, 0.29) is 0 Å². The minimum Gasteiger partial charge on any atom is -0.241 e. The molecule has 196 valence electrons. The van der Waals surface area contributed by atoms with E-state index in [1.165, 1.54) is 20.8 Å². The van der Waals surface area contributed by atoms with E-state index in [1.807, 2.05) is 24.3 Å². The number of hydrogen-bond acceptors (Lipinski definition) is 4. The highest BCUT2D eigenvalue weighted by atomic mass is 32.1. The number of hydrogen-bond donors (Lipinski definition) is 0. The highest BCUT2D eigenvalue weighted by Gasteiger charge is 2.12. The average molecular weight is 546 g/mol. The summed E-state index contributed by atoms with van der Waals surface area (Å²) in [7, 11) is 0. The summed E-state index contributed by atoms with van der Waals surface area (Å²) in [6, 6.07) is 46.5. The number of fused-ring (bicyclic) bond motifs is 1. The molecule has 41 heavy (non-hydrogen) atoms. The number of thiazole rings is 1. The number of benzene rings is 5. The van der Waals surface area contributed by atoms with Crippen molar-refractivity contribution in [1.82, 2.24) is 15.0 Å². The second-order valence-corrected chi connectivity index (χ2v) is 11.1. The van der Waals surface area contributed by atoms with Crippen molar-refractivity contribution in [1.29, 1.82) is 0 Å². The molecule has 0 N–H and O–H groups in total. The van der Waals surface area contributed by atoms with E-state index in [9.17, 15) is 0 Å². The van der Waals surface area contributed by atoms with Crippen LogP contribution in [0.3, 0.4) is 0 Å². The summed E-state index contributed by atoms with van der Waals surface area (Å²) in [6.07, 6.45) is 0.957. The molecule has 0 bridgehead atoms. The molecule has 5 aromatic carbocycles. The zero-order chi connectivity index (χ0) is 27.6. The van der Waals surface area contributed by atoms with Crippen molar-refractivity contribution in [3.05, 3.63) is 138 Å². The summed E-state index contributed by atoms with van der Waals surface area (Å²) in [5.74, 6) is 0.714. The predicted octanol–water partition coefficient (Wildman–Crippen LogP) is 9.98. The van der Waals surface area contributed by atoms with E-state index in [4.69, 9.17) is 15.0 Å². The second-order valence-electron chi connectivity index (χ2n) is 10.00. The molecular weight excluding hydrogens is 518 g/mol. The number of rotatable bonds is 6. The number of aromatic nitrogens is 3. The first kappa shape index (κ1) is 25.1. The zero-order valence-electron chi connectivity index (χ0n) is 22.7. The molecule has 0 atom stereocenters. The van der Waals surface area contributed by atoms with Gasteiger partial charge in [-0.1, -0.05) is 116 Å². The van der Waals surface area contributed by atoms with E-state index in [0.717, 1.165) is 51.1 Å². The van der Waals surface area contributed by atoms with Gasteiger partial charge in [0.2, 0.25) is 0 Å². The van der Waals surface area contributed by atoms with E-state index in [1.54, 1.807) is 11.3 Å². The molecule has 0 spiro atoms. The fourth-order valence-corrected chi connectivity index (χ4v) is 5.97. The lowest BCUT2D eigenvalue weighted by molar-refractivity contribution is 1.11. The topological polar surface area (TPSA) is 38.7 Å². The molecular formula is C37H27N3S. The highest BCUT2D eigenvalue weighted by molar-refractivity contribution is 7.18. The molecule has 0 fully saturated rings. The van der Waals surface area contributed by atoms with Crippen LogP contribution >= 0.6 is 11.3 Å².